The fourth-order valence-corrected chi connectivity index (χ4v) is 2.68. The van der Waals surface area contributed by atoms with Gasteiger partial charge in [0.25, 0.3) is 5.91 Å². The molecule has 7 nitrogen and oxygen atoms in total. The highest BCUT2D eigenvalue weighted by Crippen LogP contribution is 2.14. The first-order valence-corrected chi connectivity index (χ1v) is 9.24. The van der Waals surface area contributed by atoms with E-state index in [2.05, 4.69) is 15.0 Å². The third kappa shape index (κ3) is 5.29. The van der Waals surface area contributed by atoms with Crippen molar-refractivity contribution in [3.8, 4) is 5.88 Å². The van der Waals surface area contributed by atoms with Crippen molar-refractivity contribution in [1.29, 1.82) is 0 Å². The lowest BCUT2D eigenvalue weighted by molar-refractivity contribution is -0.0168. The lowest BCUT2D eigenvalue weighted by Gasteiger charge is -2.19. The molecular formula is C21H26N4O3. The number of carbonyl (C=O) groups excluding carboxylic acids is 1. The Kier molecular flexibility index (Phi) is 5.94. The van der Waals surface area contributed by atoms with Gasteiger partial charge >= 0.3 is 0 Å². The van der Waals surface area contributed by atoms with Crippen LogP contribution in [0, 0.1) is 0 Å². The molecule has 0 unspecified atom stereocenters. The summed E-state index contributed by atoms with van der Waals surface area (Å²) in [5.74, 6) is 1.08. The Balaban J connectivity index is 1.54. The quantitative estimate of drug-likeness (QED) is 0.633. The number of ether oxygens (including phenoxy) is 2. The molecule has 28 heavy (non-hydrogen) atoms. The van der Waals surface area contributed by atoms with Crippen LogP contribution in [-0.2, 0) is 11.3 Å². The van der Waals surface area contributed by atoms with Gasteiger partial charge in [-0.1, -0.05) is 12.1 Å². The Morgan fingerprint density at radius 2 is 1.93 bits per heavy atom. The summed E-state index contributed by atoms with van der Waals surface area (Å²) in [5, 5.41) is 0. The van der Waals surface area contributed by atoms with Gasteiger partial charge in [-0.3, -0.25) is 4.79 Å². The van der Waals surface area contributed by atoms with E-state index in [-0.39, 0.29) is 11.5 Å². The Bertz CT molecular complexity index is 896. The van der Waals surface area contributed by atoms with Crippen LogP contribution in [0.5, 0.6) is 5.88 Å². The van der Waals surface area contributed by atoms with E-state index in [9.17, 15) is 4.79 Å². The van der Waals surface area contributed by atoms with Crippen LogP contribution in [0.1, 0.15) is 37.0 Å². The lowest BCUT2D eigenvalue weighted by atomic mass is 10.2. The van der Waals surface area contributed by atoms with Crippen LogP contribution in [0.4, 0.5) is 0 Å². The molecule has 0 aliphatic carbocycles. The van der Waals surface area contributed by atoms with Gasteiger partial charge in [-0.05, 0) is 39.0 Å². The van der Waals surface area contributed by atoms with E-state index in [1.54, 1.807) is 24.1 Å². The Hall–Kier alpha value is -2.93. The number of fused-ring (bicyclic) bond motifs is 1. The van der Waals surface area contributed by atoms with E-state index in [0.29, 0.717) is 31.2 Å². The molecule has 1 amide bonds. The molecule has 0 atom stereocenters. The smallest absolute Gasteiger partial charge is 0.255 e. The highest BCUT2D eigenvalue weighted by molar-refractivity contribution is 5.93. The van der Waals surface area contributed by atoms with Gasteiger partial charge in [-0.2, -0.15) is 0 Å². The van der Waals surface area contributed by atoms with Crippen LogP contribution in [0.3, 0.4) is 0 Å². The number of pyridine rings is 1. The number of benzene rings is 1. The molecule has 2 aromatic heterocycles. The first-order chi connectivity index (χ1) is 13.3. The van der Waals surface area contributed by atoms with Gasteiger partial charge < -0.3 is 19.4 Å². The molecule has 1 N–H and O–H groups in total. The summed E-state index contributed by atoms with van der Waals surface area (Å²) >= 11 is 0. The number of aromatic nitrogens is 3. The highest BCUT2D eigenvalue weighted by Gasteiger charge is 2.15. The molecule has 0 aliphatic rings. The fourth-order valence-electron chi connectivity index (χ4n) is 2.68. The van der Waals surface area contributed by atoms with E-state index < -0.39 is 0 Å². The first kappa shape index (κ1) is 19.8. The molecule has 0 fully saturated rings. The van der Waals surface area contributed by atoms with Gasteiger partial charge in [0, 0.05) is 19.3 Å². The summed E-state index contributed by atoms with van der Waals surface area (Å²) in [4.78, 5) is 26.2. The maximum Gasteiger partial charge on any atom is 0.255 e. The zero-order chi connectivity index (χ0) is 20.1. The maximum atomic E-state index is 12.6. The van der Waals surface area contributed by atoms with Crippen molar-refractivity contribution in [3.05, 3.63) is 54.0 Å². The van der Waals surface area contributed by atoms with Crippen LogP contribution >= 0.6 is 0 Å². The second-order valence-corrected chi connectivity index (χ2v) is 7.56. The molecule has 0 spiro atoms. The summed E-state index contributed by atoms with van der Waals surface area (Å²) in [7, 11) is 1.74. The zero-order valence-electron chi connectivity index (χ0n) is 16.7. The number of para-hydroxylation sites is 2. The van der Waals surface area contributed by atoms with Crippen molar-refractivity contribution in [1.82, 2.24) is 19.9 Å². The second kappa shape index (κ2) is 8.39. The number of H-pyrrole nitrogens is 1. The molecule has 7 heteroatoms. The Morgan fingerprint density at radius 1 is 1.14 bits per heavy atom. The van der Waals surface area contributed by atoms with Crippen LogP contribution in [0.15, 0.2) is 42.6 Å². The minimum atomic E-state index is -0.197. The Morgan fingerprint density at radius 3 is 2.61 bits per heavy atom. The third-order valence-electron chi connectivity index (χ3n) is 4.02. The molecule has 0 saturated heterocycles. The topological polar surface area (TPSA) is 80.3 Å². The normalized spacial score (nSPS) is 11.6. The second-order valence-electron chi connectivity index (χ2n) is 7.56. The van der Waals surface area contributed by atoms with Crippen LogP contribution in [0.25, 0.3) is 11.0 Å². The average Bonchev–Trinajstić information content (AvgIpc) is 3.06. The van der Waals surface area contributed by atoms with Crippen molar-refractivity contribution in [2.24, 2.45) is 0 Å². The molecule has 148 valence electrons. The summed E-state index contributed by atoms with van der Waals surface area (Å²) in [6, 6.07) is 11.2. The minimum absolute atomic E-state index is 0.129. The number of nitrogens with one attached hydrogen (secondary N) is 1. The van der Waals surface area contributed by atoms with Crippen molar-refractivity contribution in [2.75, 3.05) is 20.3 Å². The highest BCUT2D eigenvalue weighted by atomic mass is 16.5. The first-order valence-electron chi connectivity index (χ1n) is 9.24. The monoisotopic (exact) mass is 382 g/mol. The van der Waals surface area contributed by atoms with Crippen LogP contribution in [-0.4, -0.2) is 51.6 Å². The van der Waals surface area contributed by atoms with Crippen molar-refractivity contribution in [2.45, 2.75) is 32.9 Å². The molecule has 2 heterocycles. The molecule has 3 aromatic rings. The summed E-state index contributed by atoms with van der Waals surface area (Å²) < 4.78 is 11.2. The molecular weight excluding hydrogens is 356 g/mol. The number of hydrogen-bond donors (Lipinski definition) is 1. The number of imidazole rings is 1. The van der Waals surface area contributed by atoms with Gasteiger partial charge in [0.05, 0.1) is 35.3 Å². The van der Waals surface area contributed by atoms with Gasteiger partial charge in [0.1, 0.15) is 12.4 Å². The molecule has 0 bridgehead atoms. The van der Waals surface area contributed by atoms with Crippen molar-refractivity contribution >= 4 is 16.9 Å². The molecule has 0 aliphatic heterocycles. The maximum absolute atomic E-state index is 12.6. The largest absolute Gasteiger partial charge is 0.475 e. The number of nitrogens with zero attached hydrogens (tertiary/aromatic N) is 3. The summed E-state index contributed by atoms with van der Waals surface area (Å²) in [6.45, 7) is 7.25. The predicted octanol–water partition coefficient (Wildman–Crippen LogP) is 3.42. The lowest BCUT2D eigenvalue weighted by Crippen LogP contribution is -2.26. The SMILES string of the molecule is CN(Cc1nc2ccccc2[nH]1)C(=O)c1ccc(OCCOC(C)(C)C)nc1. The van der Waals surface area contributed by atoms with Crippen LogP contribution < -0.4 is 4.74 Å². The van der Waals surface area contributed by atoms with Crippen LogP contribution in [0.2, 0.25) is 0 Å². The minimum Gasteiger partial charge on any atom is -0.475 e. The molecule has 0 saturated carbocycles. The molecule has 0 radical (unpaired) electrons. The van der Waals surface area contributed by atoms with Gasteiger partial charge in [0.2, 0.25) is 5.88 Å². The Labute approximate surface area is 164 Å². The van der Waals surface area contributed by atoms with Gasteiger partial charge in [-0.15, -0.1) is 0 Å². The van der Waals surface area contributed by atoms with Gasteiger partial charge in [-0.25, -0.2) is 9.97 Å². The van der Waals surface area contributed by atoms with E-state index in [1.165, 1.54) is 6.20 Å². The fraction of sp³-hybridized carbons (Fsp3) is 0.381. The average molecular weight is 382 g/mol. The third-order valence-corrected chi connectivity index (χ3v) is 4.02. The van der Waals surface area contributed by atoms with Crippen molar-refractivity contribution in [3.63, 3.8) is 0 Å². The van der Waals surface area contributed by atoms with E-state index in [1.807, 2.05) is 45.0 Å². The summed E-state index contributed by atoms with van der Waals surface area (Å²) in [6.07, 6.45) is 1.53. The number of hydrogen-bond acceptors (Lipinski definition) is 5. The predicted molar refractivity (Wildman–Crippen MR) is 107 cm³/mol. The molecule has 1 aromatic carbocycles. The standard InChI is InChI=1S/C21H26N4O3/c1-21(2,3)28-12-11-27-19-10-9-15(13-22-19)20(26)25(4)14-18-23-16-7-5-6-8-17(16)24-18/h5-10,13H,11-12,14H2,1-4H3,(H,23,24). The number of amides is 1. The van der Waals surface area contributed by atoms with Gasteiger partial charge in [0.15, 0.2) is 0 Å². The zero-order valence-corrected chi connectivity index (χ0v) is 16.7. The molecule has 3 rings (SSSR count). The number of aromatic amines is 1. The van der Waals surface area contributed by atoms with E-state index in [0.717, 1.165) is 16.9 Å². The van der Waals surface area contributed by atoms with E-state index >= 15 is 0 Å². The van der Waals surface area contributed by atoms with Crippen molar-refractivity contribution < 1.29 is 14.3 Å². The van der Waals surface area contributed by atoms with E-state index in [4.69, 9.17) is 9.47 Å². The summed E-state index contributed by atoms with van der Waals surface area (Å²) in [5.41, 5.74) is 2.14. The number of carbonyl (C=O) groups is 1. The number of rotatable bonds is 7.